The maximum absolute atomic E-state index is 11.6. The summed E-state index contributed by atoms with van der Waals surface area (Å²) >= 11 is 11.9. The second-order valence-electron chi connectivity index (χ2n) is 4.51. The topological polar surface area (TPSA) is 67.7 Å². The summed E-state index contributed by atoms with van der Waals surface area (Å²) in [5.74, 6) is 0.828. The average Bonchev–Trinajstić information content (AvgIpc) is 3.21. The molecule has 3 rings (SSSR count). The SMILES string of the molecule is O=C(N/N=C/c1ccc(-c2ccc(Cl)c(Cl)c2)o1)c1ccco1. The second-order valence-corrected chi connectivity index (χ2v) is 5.32. The van der Waals surface area contributed by atoms with E-state index in [2.05, 4.69) is 10.5 Å². The molecule has 2 heterocycles. The summed E-state index contributed by atoms with van der Waals surface area (Å²) in [6.07, 6.45) is 2.80. The van der Waals surface area contributed by atoms with Crippen molar-refractivity contribution in [2.45, 2.75) is 0 Å². The van der Waals surface area contributed by atoms with E-state index in [4.69, 9.17) is 32.0 Å². The van der Waals surface area contributed by atoms with Gasteiger partial charge in [-0.05, 0) is 42.5 Å². The number of benzene rings is 1. The number of carbonyl (C=O) groups is 1. The van der Waals surface area contributed by atoms with Crippen LogP contribution in [-0.2, 0) is 0 Å². The predicted octanol–water partition coefficient (Wildman–Crippen LogP) is 4.61. The Hall–Kier alpha value is -2.50. The molecule has 0 aliphatic carbocycles. The van der Waals surface area contributed by atoms with E-state index in [0.29, 0.717) is 21.6 Å². The monoisotopic (exact) mass is 348 g/mol. The van der Waals surface area contributed by atoms with Gasteiger partial charge in [0.1, 0.15) is 11.5 Å². The Kier molecular flexibility index (Phi) is 4.50. The van der Waals surface area contributed by atoms with Gasteiger partial charge in [-0.3, -0.25) is 4.79 Å². The lowest BCUT2D eigenvalue weighted by molar-refractivity contribution is 0.0927. The van der Waals surface area contributed by atoms with Crippen molar-refractivity contribution in [1.29, 1.82) is 0 Å². The van der Waals surface area contributed by atoms with Gasteiger partial charge in [-0.25, -0.2) is 5.43 Å². The van der Waals surface area contributed by atoms with Crippen LogP contribution >= 0.6 is 23.2 Å². The highest BCUT2D eigenvalue weighted by Gasteiger charge is 2.08. The van der Waals surface area contributed by atoms with E-state index in [0.717, 1.165) is 5.56 Å². The minimum Gasteiger partial charge on any atom is -0.459 e. The van der Waals surface area contributed by atoms with Crippen molar-refractivity contribution in [3.8, 4) is 11.3 Å². The summed E-state index contributed by atoms with van der Waals surface area (Å²) in [5, 5.41) is 4.73. The van der Waals surface area contributed by atoms with E-state index in [1.807, 2.05) is 0 Å². The van der Waals surface area contributed by atoms with Crippen LogP contribution in [0.3, 0.4) is 0 Å². The molecule has 0 unspecified atom stereocenters. The highest BCUT2D eigenvalue weighted by Crippen LogP contribution is 2.29. The summed E-state index contributed by atoms with van der Waals surface area (Å²) in [7, 11) is 0. The van der Waals surface area contributed by atoms with Crippen molar-refractivity contribution in [3.05, 3.63) is 70.3 Å². The molecule has 0 aliphatic rings. The van der Waals surface area contributed by atoms with Crippen molar-refractivity contribution >= 4 is 35.3 Å². The normalized spacial score (nSPS) is 11.0. The quantitative estimate of drug-likeness (QED) is 0.552. The maximum Gasteiger partial charge on any atom is 0.307 e. The summed E-state index contributed by atoms with van der Waals surface area (Å²) in [4.78, 5) is 11.6. The van der Waals surface area contributed by atoms with Crippen molar-refractivity contribution < 1.29 is 13.6 Å². The number of hydrogen-bond acceptors (Lipinski definition) is 4. The van der Waals surface area contributed by atoms with Gasteiger partial charge in [-0.15, -0.1) is 0 Å². The van der Waals surface area contributed by atoms with Crippen LogP contribution in [0.15, 0.2) is 62.7 Å². The molecule has 3 aromatic rings. The van der Waals surface area contributed by atoms with Crippen molar-refractivity contribution in [3.63, 3.8) is 0 Å². The lowest BCUT2D eigenvalue weighted by Crippen LogP contribution is -2.16. The van der Waals surface area contributed by atoms with Crippen LogP contribution in [0.1, 0.15) is 16.3 Å². The Morgan fingerprint density at radius 2 is 2.00 bits per heavy atom. The fourth-order valence-corrected chi connectivity index (χ4v) is 2.14. The summed E-state index contributed by atoms with van der Waals surface area (Å²) < 4.78 is 10.6. The first-order valence-corrected chi connectivity index (χ1v) is 7.31. The minimum atomic E-state index is -0.442. The summed E-state index contributed by atoms with van der Waals surface area (Å²) in [5.41, 5.74) is 3.13. The molecule has 23 heavy (non-hydrogen) atoms. The first-order chi connectivity index (χ1) is 11.1. The fourth-order valence-electron chi connectivity index (χ4n) is 1.84. The van der Waals surface area contributed by atoms with Crippen LogP contribution in [0.5, 0.6) is 0 Å². The molecule has 1 amide bonds. The number of hydrazone groups is 1. The van der Waals surface area contributed by atoms with Gasteiger partial charge in [0, 0.05) is 5.56 Å². The number of halogens is 2. The van der Waals surface area contributed by atoms with E-state index >= 15 is 0 Å². The third-order valence-electron chi connectivity index (χ3n) is 2.93. The lowest BCUT2D eigenvalue weighted by atomic mass is 10.2. The third-order valence-corrected chi connectivity index (χ3v) is 3.67. The number of nitrogens with one attached hydrogen (secondary N) is 1. The van der Waals surface area contributed by atoms with Gasteiger partial charge in [-0.2, -0.15) is 5.10 Å². The van der Waals surface area contributed by atoms with Gasteiger partial charge in [0.2, 0.25) is 0 Å². The molecule has 0 saturated carbocycles. The largest absolute Gasteiger partial charge is 0.459 e. The third kappa shape index (κ3) is 3.64. The van der Waals surface area contributed by atoms with Crippen LogP contribution < -0.4 is 5.43 Å². The molecule has 2 aromatic heterocycles. The molecule has 0 radical (unpaired) electrons. The number of nitrogens with zero attached hydrogens (tertiary/aromatic N) is 1. The molecule has 0 aliphatic heterocycles. The highest BCUT2D eigenvalue weighted by atomic mass is 35.5. The standard InChI is InChI=1S/C16H10Cl2N2O3/c17-12-5-3-10(8-13(12)18)14-6-4-11(23-14)9-19-20-16(21)15-2-1-7-22-15/h1-9H,(H,20,21)/b19-9+. The van der Waals surface area contributed by atoms with Gasteiger partial charge >= 0.3 is 5.91 Å². The van der Waals surface area contributed by atoms with Gasteiger partial charge in [-0.1, -0.05) is 23.2 Å². The Labute approximate surface area is 141 Å². The summed E-state index contributed by atoms with van der Waals surface area (Å²) in [6.45, 7) is 0. The van der Waals surface area contributed by atoms with Crippen LogP contribution in [0.25, 0.3) is 11.3 Å². The van der Waals surface area contributed by atoms with Crippen molar-refractivity contribution in [2.75, 3.05) is 0 Å². The second kappa shape index (κ2) is 6.73. The molecule has 0 spiro atoms. The summed E-state index contributed by atoms with van der Waals surface area (Å²) in [6, 6.07) is 11.9. The molecular formula is C16H10Cl2N2O3. The molecule has 0 atom stereocenters. The molecular weight excluding hydrogens is 339 g/mol. The minimum absolute atomic E-state index is 0.179. The molecule has 0 fully saturated rings. The van der Waals surface area contributed by atoms with Crippen molar-refractivity contribution in [2.24, 2.45) is 5.10 Å². The number of amides is 1. The molecule has 1 N–H and O–H groups in total. The fraction of sp³-hybridized carbons (Fsp3) is 0. The molecule has 116 valence electrons. The average molecular weight is 349 g/mol. The molecule has 0 bridgehead atoms. The highest BCUT2D eigenvalue weighted by molar-refractivity contribution is 6.42. The van der Waals surface area contributed by atoms with Crippen LogP contribution in [0, 0.1) is 0 Å². The van der Waals surface area contributed by atoms with Crippen LogP contribution in [-0.4, -0.2) is 12.1 Å². The zero-order valence-electron chi connectivity index (χ0n) is 11.6. The van der Waals surface area contributed by atoms with Gasteiger partial charge in [0.25, 0.3) is 0 Å². The number of rotatable bonds is 4. The number of hydrogen-bond donors (Lipinski definition) is 1. The van der Waals surface area contributed by atoms with Gasteiger partial charge < -0.3 is 8.83 Å². The Morgan fingerprint density at radius 3 is 2.74 bits per heavy atom. The Morgan fingerprint density at radius 1 is 1.13 bits per heavy atom. The van der Waals surface area contributed by atoms with Crippen molar-refractivity contribution in [1.82, 2.24) is 5.43 Å². The van der Waals surface area contributed by atoms with E-state index in [-0.39, 0.29) is 5.76 Å². The molecule has 1 aromatic carbocycles. The maximum atomic E-state index is 11.6. The zero-order chi connectivity index (χ0) is 16.2. The van der Waals surface area contributed by atoms with E-state index in [9.17, 15) is 4.79 Å². The number of carbonyl (C=O) groups excluding carboxylic acids is 1. The van der Waals surface area contributed by atoms with E-state index in [1.54, 1.807) is 42.5 Å². The first kappa shape index (κ1) is 15.4. The Balaban J connectivity index is 1.68. The lowest BCUT2D eigenvalue weighted by Gasteiger charge is -1.99. The van der Waals surface area contributed by atoms with Gasteiger partial charge in [0.15, 0.2) is 5.76 Å². The number of furan rings is 2. The Bertz CT molecular complexity index is 854. The van der Waals surface area contributed by atoms with E-state index < -0.39 is 5.91 Å². The smallest absolute Gasteiger partial charge is 0.307 e. The molecule has 7 heteroatoms. The first-order valence-electron chi connectivity index (χ1n) is 6.55. The van der Waals surface area contributed by atoms with Gasteiger partial charge in [0.05, 0.1) is 22.5 Å². The van der Waals surface area contributed by atoms with Crippen LogP contribution in [0.4, 0.5) is 0 Å². The predicted molar refractivity (Wildman–Crippen MR) is 87.9 cm³/mol. The molecule has 5 nitrogen and oxygen atoms in total. The zero-order valence-corrected chi connectivity index (χ0v) is 13.1. The van der Waals surface area contributed by atoms with E-state index in [1.165, 1.54) is 12.5 Å². The molecule has 0 saturated heterocycles. The van der Waals surface area contributed by atoms with Crippen LogP contribution in [0.2, 0.25) is 10.0 Å².